The molecule has 0 bridgehead atoms. The summed E-state index contributed by atoms with van der Waals surface area (Å²) in [6.07, 6.45) is 11.8. The van der Waals surface area contributed by atoms with E-state index in [1.165, 1.54) is 50.1 Å². The first-order valence-electron chi connectivity index (χ1n) is 6.59. The van der Waals surface area contributed by atoms with Crippen molar-refractivity contribution in [1.82, 2.24) is 4.98 Å². The van der Waals surface area contributed by atoms with Crippen molar-refractivity contribution in [1.29, 1.82) is 0 Å². The molecule has 0 aliphatic heterocycles. The lowest BCUT2D eigenvalue weighted by atomic mass is 10.4. The van der Waals surface area contributed by atoms with Gasteiger partial charge in [0.05, 0.1) is 5.44 Å². The highest BCUT2D eigenvalue weighted by atomic mass is 31.1. The maximum Gasteiger partial charge on any atom is 0.0633 e. The molecule has 1 atom stereocenters. The second kappa shape index (κ2) is 6.35. The fourth-order valence-electron chi connectivity index (χ4n) is 2.55. The van der Waals surface area contributed by atoms with Gasteiger partial charge < -0.3 is 0 Å². The van der Waals surface area contributed by atoms with E-state index in [9.17, 15) is 0 Å². The lowest BCUT2D eigenvalue weighted by molar-refractivity contribution is 0.857. The minimum atomic E-state index is 0.0261. The second-order valence-corrected chi connectivity index (χ2v) is 7.25. The van der Waals surface area contributed by atoms with Crippen LogP contribution < -0.4 is 5.44 Å². The third-order valence-corrected chi connectivity index (χ3v) is 6.51. The van der Waals surface area contributed by atoms with Crippen LogP contribution in [0.4, 0.5) is 0 Å². The number of pyridine rings is 1. The zero-order valence-electron chi connectivity index (χ0n) is 10.2. The van der Waals surface area contributed by atoms with Crippen molar-refractivity contribution in [3.05, 3.63) is 24.4 Å². The highest BCUT2D eigenvalue weighted by Gasteiger charge is 2.25. The van der Waals surface area contributed by atoms with E-state index in [4.69, 9.17) is 0 Å². The van der Waals surface area contributed by atoms with Gasteiger partial charge in [-0.2, -0.15) is 0 Å². The van der Waals surface area contributed by atoms with E-state index in [-0.39, 0.29) is 7.92 Å². The van der Waals surface area contributed by atoms with Crippen molar-refractivity contribution in [2.45, 2.75) is 51.1 Å². The Bertz CT molecular complexity index is 293. The Balaban J connectivity index is 2.07. The molecule has 1 fully saturated rings. The van der Waals surface area contributed by atoms with Crippen LogP contribution in [0, 0.1) is 0 Å². The molecule has 88 valence electrons. The first-order chi connectivity index (χ1) is 7.92. The van der Waals surface area contributed by atoms with Gasteiger partial charge in [-0.25, -0.2) is 0 Å². The number of nitrogens with zero attached hydrogens (tertiary/aromatic N) is 1. The van der Waals surface area contributed by atoms with E-state index in [0.29, 0.717) is 0 Å². The summed E-state index contributed by atoms with van der Waals surface area (Å²) in [5.74, 6) is 0. The predicted octanol–water partition coefficient (Wildman–Crippen LogP) is 3.93. The molecular weight excluding hydrogens is 213 g/mol. The predicted molar refractivity (Wildman–Crippen MR) is 72.8 cm³/mol. The van der Waals surface area contributed by atoms with Crippen LogP contribution in [-0.4, -0.2) is 16.8 Å². The van der Waals surface area contributed by atoms with Crippen LogP contribution >= 0.6 is 7.92 Å². The van der Waals surface area contributed by atoms with Crippen LogP contribution in [0.15, 0.2) is 24.4 Å². The SMILES string of the molecule is CCCCP(c1ccccn1)C1CCCC1. The summed E-state index contributed by atoms with van der Waals surface area (Å²) in [5.41, 5.74) is 2.37. The Morgan fingerprint density at radius 3 is 2.75 bits per heavy atom. The lowest BCUT2D eigenvalue weighted by Crippen LogP contribution is -2.15. The highest BCUT2D eigenvalue weighted by Crippen LogP contribution is 2.47. The maximum absolute atomic E-state index is 4.61. The van der Waals surface area contributed by atoms with Gasteiger partial charge in [-0.05, 0) is 43.2 Å². The van der Waals surface area contributed by atoms with Gasteiger partial charge in [0, 0.05) is 6.20 Å². The van der Waals surface area contributed by atoms with E-state index in [1.807, 2.05) is 12.3 Å². The van der Waals surface area contributed by atoms with Crippen molar-refractivity contribution in [3.8, 4) is 0 Å². The molecule has 16 heavy (non-hydrogen) atoms. The largest absolute Gasteiger partial charge is 0.257 e. The lowest BCUT2D eigenvalue weighted by Gasteiger charge is -2.23. The van der Waals surface area contributed by atoms with Gasteiger partial charge in [-0.3, -0.25) is 4.98 Å². The summed E-state index contributed by atoms with van der Waals surface area (Å²) >= 11 is 0. The molecule has 2 heteroatoms. The zero-order chi connectivity index (χ0) is 11.2. The number of aromatic nitrogens is 1. The summed E-state index contributed by atoms with van der Waals surface area (Å²) in [6, 6.07) is 6.43. The van der Waals surface area contributed by atoms with Crippen molar-refractivity contribution >= 4 is 13.4 Å². The summed E-state index contributed by atoms with van der Waals surface area (Å²) in [7, 11) is 0.0261. The number of unbranched alkanes of at least 4 members (excludes halogenated alkanes) is 1. The molecule has 0 radical (unpaired) electrons. The minimum absolute atomic E-state index is 0.0261. The fourth-order valence-corrected chi connectivity index (χ4v) is 5.66. The van der Waals surface area contributed by atoms with Gasteiger partial charge in [-0.1, -0.05) is 40.2 Å². The summed E-state index contributed by atoms with van der Waals surface area (Å²) in [6.45, 7) is 2.29. The molecule has 1 aromatic rings. The van der Waals surface area contributed by atoms with Crippen LogP contribution in [-0.2, 0) is 0 Å². The van der Waals surface area contributed by atoms with Crippen molar-refractivity contribution in [3.63, 3.8) is 0 Å². The molecule has 1 nitrogen and oxygen atoms in total. The van der Waals surface area contributed by atoms with Crippen LogP contribution in [0.25, 0.3) is 0 Å². The standard InChI is InChI=1S/C14H22NP/c1-2-3-12-16(13-8-4-5-9-13)14-10-6-7-11-15-14/h6-7,10-11,13H,2-5,8-9,12H2,1H3. The van der Waals surface area contributed by atoms with Gasteiger partial charge in [0.1, 0.15) is 0 Å². The Morgan fingerprint density at radius 1 is 1.31 bits per heavy atom. The molecule has 0 saturated heterocycles. The smallest absolute Gasteiger partial charge is 0.0633 e. The Labute approximate surface area is 100 Å². The number of rotatable bonds is 5. The molecule has 0 amide bonds. The molecule has 1 heterocycles. The van der Waals surface area contributed by atoms with E-state index >= 15 is 0 Å². The van der Waals surface area contributed by atoms with Gasteiger partial charge >= 0.3 is 0 Å². The van der Waals surface area contributed by atoms with E-state index < -0.39 is 0 Å². The van der Waals surface area contributed by atoms with Gasteiger partial charge in [0.2, 0.25) is 0 Å². The topological polar surface area (TPSA) is 12.9 Å². The normalized spacial score (nSPS) is 18.8. The minimum Gasteiger partial charge on any atom is -0.257 e. The molecule has 2 rings (SSSR count). The second-order valence-electron chi connectivity index (χ2n) is 4.67. The van der Waals surface area contributed by atoms with Gasteiger partial charge in [0.15, 0.2) is 0 Å². The van der Waals surface area contributed by atoms with Crippen LogP contribution in [0.1, 0.15) is 45.4 Å². The quantitative estimate of drug-likeness (QED) is 0.705. The van der Waals surface area contributed by atoms with E-state index in [1.54, 1.807) is 0 Å². The molecule has 0 aromatic carbocycles. The monoisotopic (exact) mass is 235 g/mol. The summed E-state index contributed by atoms with van der Waals surface area (Å²) in [5, 5.41) is 0. The highest BCUT2D eigenvalue weighted by molar-refractivity contribution is 7.66. The molecule has 1 aromatic heterocycles. The summed E-state index contributed by atoms with van der Waals surface area (Å²) in [4.78, 5) is 4.61. The Hall–Kier alpha value is -0.420. The summed E-state index contributed by atoms with van der Waals surface area (Å²) < 4.78 is 0. The zero-order valence-corrected chi connectivity index (χ0v) is 11.1. The molecule has 0 N–H and O–H groups in total. The van der Waals surface area contributed by atoms with Crippen molar-refractivity contribution in [2.24, 2.45) is 0 Å². The first-order valence-corrected chi connectivity index (χ1v) is 8.19. The van der Waals surface area contributed by atoms with Crippen molar-refractivity contribution in [2.75, 3.05) is 6.16 Å². The third kappa shape index (κ3) is 3.04. The van der Waals surface area contributed by atoms with Crippen LogP contribution in [0.2, 0.25) is 0 Å². The molecule has 0 spiro atoms. The molecular formula is C14H22NP. The maximum atomic E-state index is 4.61. The van der Waals surface area contributed by atoms with Crippen LogP contribution in [0.3, 0.4) is 0 Å². The number of hydrogen-bond acceptors (Lipinski definition) is 1. The van der Waals surface area contributed by atoms with E-state index in [0.717, 1.165) is 5.66 Å². The first kappa shape index (κ1) is 12.0. The molecule has 1 aliphatic carbocycles. The van der Waals surface area contributed by atoms with Crippen LogP contribution in [0.5, 0.6) is 0 Å². The molecule has 1 aliphatic rings. The van der Waals surface area contributed by atoms with Gasteiger partial charge in [-0.15, -0.1) is 0 Å². The Kier molecular flexibility index (Phi) is 4.78. The molecule has 1 unspecified atom stereocenters. The average Bonchev–Trinajstić information content (AvgIpc) is 2.85. The Morgan fingerprint density at radius 2 is 2.12 bits per heavy atom. The fraction of sp³-hybridized carbons (Fsp3) is 0.643. The third-order valence-electron chi connectivity index (χ3n) is 3.46. The van der Waals surface area contributed by atoms with Crippen molar-refractivity contribution < 1.29 is 0 Å². The number of hydrogen-bond donors (Lipinski definition) is 0. The van der Waals surface area contributed by atoms with E-state index in [2.05, 4.69) is 24.0 Å². The molecule has 1 saturated carbocycles. The average molecular weight is 235 g/mol. The van der Waals surface area contributed by atoms with Gasteiger partial charge in [0.25, 0.3) is 0 Å².